The van der Waals surface area contributed by atoms with Gasteiger partial charge in [-0.1, -0.05) is 18.5 Å². The molecule has 0 spiro atoms. The lowest BCUT2D eigenvalue weighted by molar-refractivity contribution is -0.137. The highest BCUT2D eigenvalue weighted by Crippen LogP contribution is 2.34. The molecule has 2 N–H and O–H groups in total. The highest BCUT2D eigenvalue weighted by molar-refractivity contribution is 6.33. The van der Waals surface area contributed by atoms with Gasteiger partial charge in [0.15, 0.2) is 0 Å². The molecule has 138 valence electrons. The second-order valence-corrected chi connectivity index (χ2v) is 7.08. The fraction of sp³-hybridized carbons (Fsp3) is 0.625. The number of alkyl halides is 3. The highest BCUT2D eigenvalue weighted by Gasteiger charge is 2.34. The van der Waals surface area contributed by atoms with Gasteiger partial charge in [-0.25, -0.2) is 4.98 Å². The van der Waals surface area contributed by atoms with Crippen LogP contribution >= 0.6 is 11.6 Å². The highest BCUT2D eigenvalue weighted by atomic mass is 35.5. The van der Waals surface area contributed by atoms with E-state index in [2.05, 4.69) is 15.6 Å². The lowest BCUT2D eigenvalue weighted by Gasteiger charge is -2.32. The van der Waals surface area contributed by atoms with E-state index in [0.717, 1.165) is 25.4 Å². The van der Waals surface area contributed by atoms with Crippen LogP contribution in [0.3, 0.4) is 0 Å². The Morgan fingerprint density at radius 2 is 2.20 bits per heavy atom. The van der Waals surface area contributed by atoms with E-state index in [0.29, 0.717) is 31.2 Å². The molecule has 2 aliphatic heterocycles. The molecule has 2 unspecified atom stereocenters. The molecule has 3 heterocycles. The predicted octanol–water partition coefficient (Wildman–Crippen LogP) is 2.30. The van der Waals surface area contributed by atoms with Gasteiger partial charge >= 0.3 is 6.18 Å². The van der Waals surface area contributed by atoms with Crippen LogP contribution in [0.1, 0.15) is 18.9 Å². The van der Waals surface area contributed by atoms with Gasteiger partial charge in [-0.2, -0.15) is 13.2 Å². The summed E-state index contributed by atoms with van der Waals surface area (Å²) in [5, 5.41) is 6.14. The van der Waals surface area contributed by atoms with E-state index in [1.807, 2.05) is 11.8 Å². The first-order valence-electron chi connectivity index (χ1n) is 8.24. The van der Waals surface area contributed by atoms with Gasteiger partial charge in [0.2, 0.25) is 5.91 Å². The molecule has 1 aromatic heterocycles. The summed E-state index contributed by atoms with van der Waals surface area (Å²) in [7, 11) is 0. The fourth-order valence-electron chi connectivity index (χ4n) is 3.10. The molecule has 2 atom stereocenters. The summed E-state index contributed by atoms with van der Waals surface area (Å²) in [4.78, 5) is 18.0. The number of hydrogen-bond donors (Lipinski definition) is 2. The number of anilines is 1. The molecule has 0 aromatic carbocycles. The van der Waals surface area contributed by atoms with E-state index < -0.39 is 11.7 Å². The van der Waals surface area contributed by atoms with Crippen molar-refractivity contribution in [1.29, 1.82) is 0 Å². The Bertz CT molecular complexity index is 651. The molecule has 0 radical (unpaired) electrons. The third-order valence-electron chi connectivity index (χ3n) is 4.92. The van der Waals surface area contributed by atoms with E-state index in [9.17, 15) is 18.0 Å². The average Bonchev–Trinajstić information content (AvgIpc) is 2.92. The second-order valence-electron chi connectivity index (χ2n) is 6.67. The van der Waals surface area contributed by atoms with Gasteiger partial charge in [0.1, 0.15) is 5.82 Å². The summed E-state index contributed by atoms with van der Waals surface area (Å²) in [6, 6.07) is 0.838. The maximum Gasteiger partial charge on any atom is 0.417 e. The molecule has 1 aromatic rings. The van der Waals surface area contributed by atoms with Gasteiger partial charge in [0.05, 0.1) is 10.6 Å². The molecule has 5 nitrogen and oxygen atoms in total. The van der Waals surface area contributed by atoms with Crippen LogP contribution in [0.25, 0.3) is 0 Å². The Hall–Kier alpha value is -1.54. The lowest BCUT2D eigenvalue weighted by Crippen LogP contribution is -2.51. The smallest absolute Gasteiger partial charge is 0.353 e. The van der Waals surface area contributed by atoms with Crippen LogP contribution in [0.2, 0.25) is 5.02 Å². The van der Waals surface area contributed by atoms with Crippen molar-refractivity contribution in [3.05, 3.63) is 22.8 Å². The zero-order valence-electron chi connectivity index (χ0n) is 13.7. The SMILES string of the molecule is CC(C(=O)NC1CCN(c2ncc(C(F)(F)F)cc2Cl)C1)C1CNC1. The molecular formula is C16H20ClF3N4O. The minimum atomic E-state index is -4.47. The molecule has 0 bridgehead atoms. The van der Waals surface area contributed by atoms with Crippen LogP contribution in [-0.4, -0.2) is 43.1 Å². The summed E-state index contributed by atoms with van der Waals surface area (Å²) >= 11 is 5.99. The topological polar surface area (TPSA) is 57.3 Å². The summed E-state index contributed by atoms with van der Waals surface area (Å²) < 4.78 is 38.1. The van der Waals surface area contributed by atoms with Gasteiger partial charge in [0, 0.05) is 31.2 Å². The quantitative estimate of drug-likeness (QED) is 0.846. The number of hydrogen-bond acceptors (Lipinski definition) is 4. The Morgan fingerprint density at radius 1 is 1.48 bits per heavy atom. The van der Waals surface area contributed by atoms with Gasteiger partial charge in [-0.15, -0.1) is 0 Å². The van der Waals surface area contributed by atoms with Crippen LogP contribution in [0.4, 0.5) is 19.0 Å². The maximum atomic E-state index is 12.7. The molecule has 9 heteroatoms. The van der Waals surface area contributed by atoms with Crippen molar-refractivity contribution in [3.8, 4) is 0 Å². The number of nitrogens with one attached hydrogen (secondary N) is 2. The van der Waals surface area contributed by atoms with Gasteiger partial charge < -0.3 is 15.5 Å². The van der Waals surface area contributed by atoms with Gasteiger partial charge in [-0.3, -0.25) is 4.79 Å². The average molecular weight is 377 g/mol. The predicted molar refractivity (Wildman–Crippen MR) is 88.5 cm³/mol. The summed E-state index contributed by atoms with van der Waals surface area (Å²) in [6.07, 6.45) is -2.97. The third-order valence-corrected chi connectivity index (χ3v) is 5.20. The number of amides is 1. The van der Waals surface area contributed by atoms with Crippen LogP contribution in [0, 0.1) is 11.8 Å². The van der Waals surface area contributed by atoms with E-state index in [1.165, 1.54) is 0 Å². The number of aromatic nitrogens is 1. The number of carbonyl (C=O) groups excluding carboxylic acids is 1. The van der Waals surface area contributed by atoms with Crippen molar-refractivity contribution in [2.24, 2.45) is 11.8 Å². The van der Waals surface area contributed by atoms with Crippen LogP contribution in [0.5, 0.6) is 0 Å². The van der Waals surface area contributed by atoms with Gasteiger partial charge in [0.25, 0.3) is 0 Å². The van der Waals surface area contributed by atoms with E-state index in [1.54, 1.807) is 0 Å². The van der Waals surface area contributed by atoms with Crippen molar-refractivity contribution < 1.29 is 18.0 Å². The molecule has 0 aliphatic carbocycles. The molecule has 25 heavy (non-hydrogen) atoms. The Kier molecular flexibility index (Phi) is 5.11. The monoisotopic (exact) mass is 376 g/mol. The molecule has 0 saturated carbocycles. The number of pyridine rings is 1. The number of nitrogens with zero attached hydrogens (tertiary/aromatic N) is 2. The molecule has 2 saturated heterocycles. The molecule has 1 amide bonds. The van der Waals surface area contributed by atoms with Crippen molar-refractivity contribution in [2.75, 3.05) is 31.1 Å². The van der Waals surface area contributed by atoms with Crippen LogP contribution in [0.15, 0.2) is 12.3 Å². The van der Waals surface area contributed by atoms with E-state index in [4.69, 9.17) is 11.6 Å². The first-order chi connectivity index (χ1) is 11.8. The zero-order chi connectivity index (χ0) is 18.2. The van der Waals surface area contributed by atoms with Gasteiger partial charge in [-0.05, 0) is 31.5 Å². The van der Waals surface area contributed by atoms with Crippen LogP contribution in [-0.2, 0) is 11.0 Å². The summed E-state index contributed by atoms with van der Waals surface area (Å²) in [5.74, 6) is 0.652. The minimum absolute atomic E-state index is 0.0184. The molecular weight excluding hydrogens is 357 g/mol. The standard InChI is InChI=1S/C16H20ClF3N4O/c1-9(10-5-21-6-10)15(25)23-12-2-3-24(8-12)14-13(17)4-11(7-22-14)16(18,19)20/h4,7,9-10,12,21H,2-3,5-6,8H2,1H3,(H,23,25). The minimum Gasteiger partial charge on any atom is -0.353 e. The maximum absolute atomic E-state index is 12.7. The first-order valence-corrected chi connectivity index (χ1v) is 8.62. The Morgan fingerprint density at radius 3 is 2.76 bits per heavy atom. The zero-order valence-corrected chi connectivity index (χ0v) is 14.5. The Balaban J connectivity index is 1.60. The van der Waals surface area contributed by atoms with Crippen molar-refractivity contribution >= 4 is 23.3 Å². The summed E-state index contributed by atoms with van der Waals surface area (Å²) in [6.45, 7) is 4.70. The third kappa shape index (κ3) is 4.00. The van der Waals surface area contributed by atoms with Crippen molar-refractivity contribution in [2.45, 2.75) is 25.6 Å². The lowest BCUT2D eigenvalue weighted by atomic mass is 9.88. The normalized spacial score (nSPS) is 22.6. The molecule has 2 aliphatic rings. The number of halogens is 4. The molecule has 3 rings (SSSR count). The largest absolute Gasteiger partial charge is 0.417 e. The first kappa shape index (κ1) is 18.3. The second kappa shape index (κ2) is 6.99. The number of carbonyl (C=O) groups is 1. The van der Waals surface area contributed by atoms with E-state index in [-0.39, 0.29) is 22.9 Å². The van der Waals surface area contributed by atoms with Crippen LogP contribution < -0.4 is 15.5 Å². The Labute approximate surface area is 148 Å². The molecule has 2 fully saturated rings. The van der Waals surface area contributed by atoms with Crippen molar-refractivity contribution in [3.63, 3.8) is 0 Å². The van der Waals surface area contributed by atoms with E-state index >= 15 is 0 Å². The fourth-order valence-corrected chi connectivity index (χ4v) is 3.39. The summed E-state index contributed by atoms with van der Waals surface area (Å²) in [5.41, 5.74) is -0.867. The van der Waals surface area contributed by atoms with Crippen molar-refractivity contribution in [1.82, 2.24) is 15.6 Å². The number of rotatable bonds is 4.